The summed E-state index contributed by atoms with van der Waals surface area (Å²) in [5.41, 5.74) is 1.85. The second-order valence-corrected chi connectivity index (χ2v) is 9.96. The first-order chi connectivity index (χ1) is 15.3. The number of nitrogens with zero attached hydrogens (tertiary/aromatic N) is 2. The van der Waals surface area contributed by atoms with Gasteiger partial charge in [-0.05, 0) is 42.2 Å². The number of carbonyl (C=O) groups excluding carboxylic acids is 2. The Morgan fingerprint density at radius 1 is 1.03 bits per heavy atom. The second kappa shape index (κ2) is 8.99. The van der Waals surface area contributed by atoms with Crippen LogP contribution in [0.1, 0.15) is 40.7 Å². The van der Waals surface area contributed by atoms with Crippen LogP contribution in [-0.2, 0) is 32.5 Å². The molecule has 2 aromatic rings. The summed E-state index contributed by atoms with van der Waals surface area (Å²) in [4.78, 5) is 26.7. The number of piperidine rings is 1. The van der Waals surface area contributed by atoms with E-state index in [1.54, 1.807) is 0 Å². The summed E-state index contributed by atoms with van der Waals surface area (Å²) in [6.45, 7) is 0.820. The van der Waals surface area contributed by atoms with Crippen molar-refractivity contribution >= 4 is 21.9 Å². The largest absolute Gasteiger partial charge is 0.467 e. The number of hydrogen-bond donors (Lipinski definition) is 0. The third-order valence-electron chi connectivity index (χ3n) is 6.09. The zero-order valence-corrected chi connectivity index (χ0v) is 18.6. The molecule has 9 heteroatoms. The number of benzene rings is 2. The average molecular weight is 461 g/mol. The number of halogens is 1. The highest BCUT2D eigenvalue weighted by atomic mass is 32.2. The summed E-state index contributed by atoms with van der Waals surface area (Å²) in [7, 11) is -2.81. The van der Waals surface area contributed by atoms with E-state index >= 15 is 0 Å². The fraction of sp³-hybridized carbons (Fsp3) is 0.391. The van der Waals surface area contributed by atoms with Crippen molar-refractivity contribution in [3.8, 4) is 0 Å². The minimum atomic E-state index is -4.07. The Hall–Kier alpha value is -2.78. The third-order valence-corrected chi connectivity index (χ3v) is 8.01. The Labute approximate surface area is 186 Å². The molecular weight excluding hydrogens is 435 g/mol. The summed E-state index contributed by atoms with van der Waals surface area (Å²) >= 11 is 0. The molecule has 0 bridgehead atoms. The zero-order chi connectivity index (χ0) is 22.9. The molecule has 2 aromatic carbocycles. The van der Waals surface area contributed by atoms with Crippen molar-refractivity contribution in [3.05, 3.63) is 65.0 Å². The highest BCUT2D eigenvalue weighted by molar-refractivity contribution is 7.89. The molecule has 0 N–H and O–H groups in total. The van der Waals surface area contributed by atoms with Crippen LogP contribution in [-0.4, -0.2) is 55.7 Å². The van der Waals surface area contributed by atoms with Gasteiger partial charge in [-0.15, -0.1) is 0 Å². The molecule has 0 saturated carbocycles. The molecule has 2 aliphatic rings. The standard InChI is InChI=1S/C23H25FN2O5S/c1-31-23(28)20-13-16-7-3-4-8-18(16)15-26(20)22(27)17-9-10-19(24)21(14-17)32(29,30)25-11-5-2-6-12-25/h3-4,7-10,14,20H,2,5-6,11-13,15H2,1H3/t20-/m0/s1. The molecule has 4 rings (SSSR count). The van der Waals surface area contributed by atoms with Gasteiger partial charge in [0, 0.05) is 31.6 Å². The second-order valence-electron chi connectivity index (χ2n) is 8.05. The van der Waals surface area contributed by atoms with E-state index in [1.807, 2.05) is 24.3 Å². The van der Waals surface area contributed by atoms with Gasteiger partial charge in [-0.25, -0.2) is 17.6 Å². The fourth-order valence-corrected chi connectivity index (χ4v) is 5.93. The van der Waals surface area contributed by atoms with Crippen LogP contribution in [0.25, 0.3) is 0 Å². The van der Waals surface area contributed by atoms with Crippen molar-refractivity contribution in [2.24, 2.45) is 0 Å². The number of amides is 1. The zero-order valence-electron chi connectivity index (χ0n) is 17.8. The van der Waals surface area contributed by atoms with E-state index in [-0.39, 0.29) is 18.5 Å². The van der Waals surface area contributed by atoms with Gasteiger partial charge in [-0.3, -0.25) is 4.79 Å². The Balaban J connectivity index is 1.69. The lowest BCUT2D eigenvalue weighted by Gasteiger charge is -2.35. The molecule has 1 saturated heterocycles. The Kier molecular flexibility index (Phi) is 6.30. The van der Waals surface area contributed by atoms with Crippen molar-refractivity contribution < 1.29 is 27.1 Å². The highest BCUT2D eigenvalue weighted by Gasteiger charge is 2.37. The minimum Gasteiger partial charge on any atom is -0.467 e. The molecule has 0 aliphatic carbocycles. The summed E-state index contributed by atoms with van der Waals surface area (Å²) < 4.78 is 46.8. The molecule has 170 valence electrons. The van der Waals surface area contributed by atoms with E-state index in [9.17, 15) is 22.4 Å². The van der Waals surface area contributed by atoms with Gasteiger partial charge in [0.2, 0.25) is 10.0 Å². The Bertz CT molecular complexity index is 1140. The van der Waals surface area contributed by atoms with Crippen LogP contribution in [0.3, 0.4) is 0 Å². The van der Waals surface area contributed by atoms with Gasteiger partial charge in [0.05, 0.1) is 7.11 Å². The molecule has 1 fully saturated rings. The van der Waals surface area contributed by atoms with E-state index in [0.29, 0.717) is 25.9 Å². The predicted molar refractivity (Wildman–Crippen MR) is 115 cm³/mol. The monoisotopic (exact) mass is 460 g/mol. The molecular formula is C23H25FN2O5S. The van der Waals surface area contributed by atoms with Gasteiger partial charge in [-0.1, -0.05) is 30.7 Å². The molecule has 1 atom stereocenters. The van der Waals surface area contributed by atoms with Crippen LogP contribution in [0.2, 0.25) is 0 Å². The van der Waals surface area contributed by atoms with Crippen molar-refractivity contribution in [1.82, 2.24) is 9.21 Å². The fourth-order valence-electron chi connectivity index (χ4n) is 4.33. The van der Waals surface area contributed by atoms with Gasteiger partial charge in [0.25, 0.3) is 5.91 Å². The summed E-state index contributed by atoms with van der Waals surface area (Å²) in [6, 6.07) is 9.96. The number of carbonyl (C=O) groups is 2. The van der Waals surface area contributed by atoms with Crippen LogP contribution >= 0.6 is 0 Å². The summed E-state index contributed by atoms with van der Waals surface area (Å²) in [5.74, 6) is -2.01. The number of methoxy groups -OCH3 is 1. The molecule has 1 amide bonds. The number of fused-ring (bicyclic) bond motifs is 1. The van der Waals surface area contributed by atoms with Crippen LogP contribution in [0, 0.1) is 5.82 Å². The van der Waals surface area contributed by atoms with E-state index in [2.05, 4.69) is 0 Å². The van der Waals surface area contributed by atoms with Gasteiger partial charge < -0.3 is 9.64 Å². The van der Waals surface area contributed by atoms with Crippen molar-refractivity contribution in [2.45, 2.75) is 43.2 Å². The number of ether oxygens (including phenoxy) is 1. The highest BCUT2D eigenvalue weighted by Crippen LogP contribution is 2.28. The molecule has 7 nitrogen and oxygen atoms in total. The van der Waals surface area contributed by atoms with E-state index in [0.717, 1.165) is 29.7 Å². The first-order valence-corrected chi connectivity index (χ1v) is 12.0. The molecule has 32 heavy (non-hydrogen) atoms. The SMILES string of the molecule is COC(=O)[C@@H]1Cc2ccccc2CN1C(=O)c1ccc(F)c(S(=O)(=O)N2CCCCC2)c1. The van der Waals surface area contributed by atoms with Crippen LogP contribution in [0.4, 0.5) is 4.39 Å². The third kappa shape index (κ3) is 4.14. The van der Waals surface area contributed by atoms with E-state index in [4.69, 9.17) is 4.74 Å². The van der Waals surface area contributed by atoms with Gasteiger partial charge in [-0.2, -0.15) is 4.31 Å². The van der Waals surface area contributed by atoms with Crippen LogP contribution in [0.15, 0.2) is 47.4 Å². The molecule has 0 unspecified atom stereocenters. The number of hydrogen-bond acceptors (Lipinski definition) is 5. The Morgan fingerprint density at radius 2 is 1.72 bits per heavy atom. The van der Waals surface area contributed by atoms with Gasteiger partial charge >= 0.3 is 5.97 Å². The molecule has 0 radical (unpaired) electrons. The minimum absolute atomic E-state index is 0.00951. The molecule has 2 aliphatic heterocycles. The smallest absolute Gasteiger partial charge is 0.328 e. The lowest BCUT2D eigenvalue weighted by atomic mass is 9.93. The van der Waals surface area contributed by atoms with Gasteiger partial charge in [0.15, 0.2) is 0 Å². The number of esters is 1. The number of sulfonamides is 1. The van der Waals surface area contributed by atoms with Crippen molar-refractivity contribution in [3.63, 3.8) is 0 Å². The van der Waals surface area contributed by atoms with Gasteiger partial charge in [0.1, 0.15) is 16.8 Å². The topological polar surface area (TPSA) is 84.0 Å². The molecule has 0 aromatic heterocycles. The van der Waals surface area contributed by atoms with E-state index < -0.39 is 38.7 Å². The molecule has 0 spiro atoms. The quantitative estimate of drug-likeness (QED) is 0.655. The number of rotatable bonds is 4. The summed E-state index contributed by atoms with van der Waals surface area (Å²) in [5, 5.41) is 0. The maximum Gasteiger partial charge on any atom is 0.328 e. The van der Waals surface area contributed by atoms with Crippen LogP contribution < -0.4 is 0 Å². The van der Waals surface area contributed by atoms with E-state index in [1.165, 1.54) is 22.4 Å². The first kappa shape index (κ1) is 22.4. The van der Waals surface area contributed by atoms with Crippen molar-refractivity contribution in [2.75, 3.05) is 20.2 Å². The lowest BCUT2D eigenvalue weighted by molar-refractivity contribution is -0.146. The lowest BCUT2D eigenvalue weighted by Crippen LogP contribution is -2.49. The Morgan fingerprint density at radius 3 is 2.41 bits per heavy atom. The molecule has 2 heterocycles. The maximum atomic E-state index is 14.6. The predicted octanol–water partition coefficient (Wildman–Crippen LogP) is 2.74. The van der Waals surface area contributed by atoms with Crippen molar-refractivity contribution in [1.29, 1.82) is 0 Å². The summed E-state index contributed by atoms with van der Waals surface area (Å²) in [6.07, 6.45) is 2.65. The average Bonchev–Trinajstić information content (AvgIpc) is 2.83. The maximum absolute atomic E-state index is 14.6. The first-order valence-electron chi connectivity index (χ1n) is 10.6. The normalized spacial score (nSPS) is 19.3. The van der Waals surface area contributed by atoms with Crippen LogP contribution in [0.5, 0.6) is 0 Å².